The van der Waals surface area contributed by atoms with E-state index in [4.69, 9.17) is 30.8 Å². The molecule has 0 saturated carbocycles. The van der Waals surface area contributed by atoms with E-state index in [0.717, 1.165) is 38.2 Å². The number of carbonyl (C=O) groups is 1. The molecule has 1 atom stereocenters. The number of hydrogen-bond donors (Lipinski definition) is 1. The molecule has 0 unspecified atom stereocenters. The Bertz CT molecular complexity index is 1450. The highest BCUT2D eigenvalue weighted by Crippen LogP contribution is 2.29. The summed E-state index contributed by atoms with van der Waals surface area (Å²) < 4.78 is 33.4. The number of nitrogens with zero attached hydrogens (tertiary/aromatic N) is 5. The SMILES string of the molecule is C=CC(=Nc1c(C)nc(CN2CCC(Oc3cccc(Oc4ccc(Cl)cc4F)n3)CC2)n1C[C@@H]1CCO1)C(=O)O. The minimum atomic E-state index is -1.14. The maximum absolute atomic E-state index is 14.1. The van der Waals surface area contributed by atoms with Crippen molar-refractivity contribution >= 4 is 29.1 Å². The lowest BCUT2D eigenvalue weighted by Gasteiger charge is -2.32. The third kappa shape index (κ3) is 7.10. The molecule has 5 rings (SSSR count). The minimum Gasteiger partial charge on any atom is -0.477 e. The molecule has 1 aromatic carbocycles. The van der Waals surface area contributed by atoms with Crippen molar-refractivity contribution in [2.45, 2.75) is 51.5 Å². The molecule has 2 aromatic heterocycles. The van der Waals surface area contributed by atoms with Crippen LogP contribution >= 0.6 is 11.6 Å². The fourth-order valence-corrected chi connectivity index (χ4v) is 4.91. The van der Waals surface area contributed by atoms with Gasteiger partial charge in [0.2, 0.25) is 11.8 Å². The summed E-state index contributed by atoms with van der Waals surface area (Å²) in [6, 6.07) is 9.31. The van der Waals surface area contributed by atoms with Gasteiger partial charge < -0.3 is 23.9 Å². The van der Waals surface area contributed by atoms with E-state index >= 15 is 0 Å². The van der Waals surface area contributed by atoms with Crippen molar-refractivity contribution in [3.63, 3.8) is 0 Å². The third-order valence-corrected chi connectivity index (χ3v) is 7.23. The van der Waals surface area contributed by atoms with Gasteiger partial charge in [0.1, 0.15) is 17.6 Å². The van der Waals surface area contributed by atoms with Crippen LogP contribution in [0.1, 0.15) is 30.8 Å². The Labute approximate surface area is 242 Å². The van der Waals surface area contributed by atoms with Gasteiger partial charge in [-0.1, -0.05) is 24.2 Å². The first-order valence-electron chi connectivity index (χ1n) is 13.4. The summed E-state index contributed by atoms with van der Waals surface area (Å²) in [4.78, 5) is 27.3. The predicted molar refractivity (Wildman–Crippen MR) is 151 cm³/mol. The number of aliphatic carboxylic acids is 1. The van der Waals surface area contributed by atoms with Crippen molar-refractivity contribution < 1.29 is 28.5 Å². The quantitative estimate of drug-likeness (QED) is 0.301. The minimum absolute atomic E-state index is 0.0300. The predicted octanol–water partition coefficient (Wildman–Crippen LogP) is 5.35. The van der Waals surface area contributed by atoms with Gasteiger partial charge in [-0.2, -0.15) is 4.98 Å². The summed E-state index contributed by atoms with van der Waals surface area (Å²) in [7, 11) is 0. The molecular formula is C29H31ClFN5O5. The number of piperidine rings is 1. The number of ether oxygens (including phenoxy) is 3. The van der Waals surface area contributed by atoms with Crippen LogP contribution in [0.25, 0.3) is 0 Å². The lowest BCUT2D eigenvalue weighted by Crippen LogP contribution is -2.39. The Morgan fingerprint density at radius 1 is 1.24 bits per heavy atom. The maximum atomic E-state index is 14.1. The van der Waals surface area contributed by atoms with Gasteiger partial charge in [-0.3, -0.25) is 4.90 Å². The van der Waals surface area contributed by atoms with Crippen molar-refractivity contribution in [1.82, 2.24) is 19.4 Å². The van der Waals surface area contributed by atoms with Crippen LogP contribution in [0.4, 0.5) is 10.2 Å². The van der Waals surface area contributed by atoms with Gasteiger partial charge >= 0.3 is 5.97 Å². The zero-order valence-electron chi connectivity index (χ0n) is 22.6. The molecule has 2 aliphatic rings. The number of aromatic nitrogens is 3. The number of aryl methyl sites for hydroxylation is 1. The number of pyridine rings is 1. The fraction of sp³-hybridized carbons (Fsp3) is 0.379. The lowest BCUT2D eigenvalue weighted by atomic mass is 10.1. The number of benzene rings is 1. The highest BCUT2D eigenvalue weighted by Gasteiger charge is 2.27. The van der Waals surface area contributed by atoms with Gasteiger partial charge in [0.25, 0.3) is 0 Å². The smallest absolute Gasteiger partial charge is 0.354 e. The second-order valence-electron chi connectivity index (χ2n) is 9.92. The molecule has 0 spiro atoms. The second kappa shape index (κ2) is 12.8. The topological polar surface area (TPSA) is 111 Å². The highest BCUT2D eigenvalue weighted by atomic mass is 35.5. The number of carboxylic acid groups (broad SMARTS) is 1. The monoisotopic (exact) mass is 583 g/mol. The molecule has 4 heterocycles. The molecule has 0 bridgehead atoms. The van der Waals surface area contributed by atoms with Crippen LogP contribution < -0.4 is 9.47 Å². The van der Waals surface area contributed by atoms with E-state index in [1.165, 1.54) is 18.2 Å². The fourth-order valence-electron chi connectivity index (χ4n) is 4.75. The van der Waals surface area contributed by atoms with Crippen molar-refractivity contribution in [2.24, 2.45) is 4.99 Å². The molecule has 3 aromatic rings. The van der Waals surface area contributed by atoms with Crippen LogP contribution in [0, 0.1) is 12.7 Å². The number of likely N-dealkylation sites (tertiary alicyclic amines) is 1. The second-order valence-corrected chi connectivity index (χ2v) is 10.4. The molecule has 0 amide bonds. The van der Waals surface area contributed by atoms with E-state index in [9.17, 15) is 14.3 Å². The van der Waals surface area contributed by atoms with Crippen molar-refractivity contribution in [3.8, 4) is 17.5 Å². The van der Waals surface area contributed by atoms with Gasteiger partial charge in [0.15, 0.2) is 17.4 Å². The van der Waals surface area contributed by atoms with E-state index in [0.29, 0.717) is 37.1 Å². The Balaban J connectivity index is 1.22. The number of hydrogen-bond acceptors (Lipinski definition) is 8. The van der Waals surface area contributed by atoms with Crippen LogP contribution in [0.5, 0.6) is 17.5 Å². The van der Waals surface area contributed by atoms with Crippen molar-refractivity contribution in [3.05, 3.63) is 71.4 Å². The molecule has 216 valence electrons. The van der Waals surface area contributed by atoms with Gasteiger partial charge in [-0.05, 0) is 50.5 Å². The Morgan fingerprint density at radius 2 is 2.00 bits per heavy atom. The molecule has 0 radical (unpaired) electrons. The molecule has 2 saturated heterocycles. The van der Waals surface area contributed by atoms with Crippen molar-refractivity contribution in [1.29, 1.82) is 0 Å². The van der Waals surface area contributed by atoms with E-state index in [1.807, 2.05) is 11.5 Å². The largest absolute Gasteiger partial charge is 0.477 e. The zero-order chi connectivity index (χ0) is 28.9. The van der Waals surface area contributed by atoms with E-state index in [-0.39, 0.29) is 34.6 Å². The molecule has 12 heteroatoms. The average Bonchev–Trinajstić information content (AvgIpc) is 3.20. The summed E-state index contributed by atoms with van der Waals surface area (Å²) in [5.74, 6) is 0.266. The molecule has 2 aliphatic heterocycles. The summed E-state index contributed by atoms with van der Waals surface area (Å²) in [6.45, 7) is 8.81. The summed E-state index contributed by atoms with van der Waals surface area (Å²) in [6.07, 6.45) is 3.72. The highest BCUT2D eigenvalue weighted by molar-refractivity contribution is 6.40. The number of aliphatic imine (C=N–C) groups is 1. The van der Waals surface area contributed by atoms with E-state index in [1.54, 1.807) is 24.3 Å². The number of halogens is 2. The normalized spacial score (nSPS) is 18.1. The standard InChI is InChI=1S/C29H31ClFN5O5/c1-3-23(29(37)38)33-28-18(2)32-25(36(28)16-21-11-14-39-21)17-35-12-9-20(10-13-35)40-26-5-4-6-27(34-26)41-24-8-7-19(30)15-22(24)31/h3-8,15,20-21H,1,9-14,16-17H2,2H3,(H,37,38)/t21-/m0/s1. The summed E-state index contributed by atoms with van der Waals surface area (Å²) in [5, 5.41) is 9.73. The molecule has 1 N–H and O–H groups in total. The zero-order valence-corrected chi connectivity index (χ0v) is 23.4. The first-order valence-corrected chi connectivity index (χ1v) is 13.8. The molecule has 41 heavy (non-hydrogen) atoms. The molecule has 2 fully saturated rings. The summed E-state index contributed by atoms with van der Waals surface area (Å²) in [5.41, 5.74) is 0.527. The lowest BCUT2D eigenvalue weighted by molar-refractivity contribution is -0.129. The van der Waals surface area contributed by atoms with Crippen LogP contribution in [0.15, 0.2) is 54.0 Å². The third-order valence-electron chi connectivity index (χ3n) is 7.00. The first-order chi connectivity index (χ1) is 19.8. The van der Waals surface area contributed by atoms with Gasteiger partial charge in [-0.25, -0.2) is 19.2 Å². The van der Waals surface area contributed by atoms with Crippen LogP contribution in [0.2, 0.25) is 5.02 Å². The van der Waals surface area contributed by atoms with Crippen LogP contribution in [0.3, 0.4) is 0 Å². The Hall–Kier alpha value is -3.80. The van der Waals surface area contributed by atoms with E-state index < -0.39 is 11.8 Å². The maximum Gasteiger partial charge on any atom is 0.354 e. The average molecular weight is 584 g/mol. The summed E-state index contributed by atoms with van der Waals surface area (Å²) >= 11 is 5.81. The van der Waals surface area contributed by atoms with E-state index in [2.05, 4.69) is 21.5 Å². The number of rotatable bonds is 11. The molecular weight excluding hydrogens is 553 g/mol. The van der Waals surface area contributed by atoms with Crippen LogP contribution in [-0.2, 0) is 22.6 Å². The molecule has 0 aliphatic carbocycles. The van der Waals surface area contributed by atoms with Gasteiger partial charge in [0, 0.05) is 36.9 Å². The number of imidazole rings is 1. The number of carboxylic acids is 1. The molecule has 10 nitrogen and oxygen atoms in total. The van der Waals surface area contributed by atoms with Crippen LogP contribution in [-0.4, -0.2) is 68.1 Å². The van der Waals surface area contributed by atoms with Gasteiger partial charge in [0.05, 0.1) is 24.9 Å². The van der Waals surface area contributed by atoms with Crippen molar-refractivity contribution in [2.75, 3.05) is 19.7 Å². The Kier molecular flexibility index (Phi) is 8.96. The Morgan fingerprint density at radius 3 is 2.66 bits per heavy atom. The first kappa shape index (κ1) is 28.7. The van der Waals surface area contributed by atoms with Gasteiger partial charge in [-0.15, -0.1) is 0 Å².